The second-order valence-electron chi connectivity index (χ2n) is 5.75. The molecule has 1 aliphatic rings. The zero-order valence-corrected chi connectivity index (χ0v) is 13.2. The van der Waals surface area contributed by atoms with Crippen LogP contribution in [0, 0.1) is 0 Å². The van der Waals surface area contributed by atoms with Gasteiger partial charge in [0.25, 0.3) is 0 Å². The van der Waals surface area contributed by atoms with Gasteiger partial charge in [0, 0.05) is 26.3 Å². The van der Waals surface area contributed by atoms with Gasteiger partial charge in [-0.2, -0.15) is 4.98 Å². The van der Waals surface area contributed by atoms with E-state index in [0.29, 0.717) is 24.4 Å². The summed E-state index contributed by atoms with van der Waals surface area (Å²) < 4.78 is 0. The molecule has 1 amide bonds. The summed E-state index contributed by atoms with van der Waals surface area (Å²) in [6.07, 6.45) is 2.52. The summed E-state index contributed by atoms with van der Waals surface area (Å²) in [6, 6.07) is 1.91. The van der Waals surface area contributed by atoms with E-state index in [1.165, 1.54) is 4.90 Å². The molecule has 1 saturated heterocycles. The van der Waals surface area contributed by atoms with E-state index in [1.54, 1.807) is 7.05 Å². The zero-order chi connectivity index (χ0) is 16.6. The molecule has 122 valence electrons. The molecule has 8 heteroatoms. The van der Waals surface area contributed by atoms with Crippen molar-refractivity contribution >= 4 is 28.9 Å². The number of carboxylic acid groups (broad SMARTS) is 1. The van der Waals surface area contributed by atoms with Crippen LogP contribution in [0.3, 0.4) is 0 Å². The standard InChI is InChI=1S/C15H20N6O2/c1-3-9-6-11-12(17-7-9)13(19-14(16)18-11)21-5-4-10(8-21)20(2)15(22)23/h6-7,10H,3-5,8H2,1-2H3,(H,22,23)(H2,16,18,19). The zero-order valence-electron chi connectivity index (χ0n) is 13.2. The van der Waals surface area contributed by atoms with Gasteiger partial charge in [0.2, 0.25) is 5.95 Å². The maximum atomic E-state index is 11.1. The molecule has 3 heterocycles. The van der Waals surface area contributed by atoms with E-state index in [1.807, 2.05) is 17.2 Å². The van der Waals surface area contributed by atoms with Crippen molar-refractivity contribution < 1.29 is 9.90 Å². The third kappa shape index (κ3) is 2.84. The first-order chi connectivity index (χ1) is 11.0. The Kier molecular flexibility index (Phi) is 3.89. The fourth-order valence-corrected chi connectivity index (χ4v) is 2.88. The highest BCUT2D eigenvalue weighted by Crippen LogP contribution is 2.27. The minimum atomic E-state index is -0.922. The molecule has 0 aliphatic carbocycles. The average Bonchev–Trinajstić information content (AvgIpc) is 3.02. The van der Waals surface area contributed by atoms with Crippen LogP contribution in [-0.4, -0.2) is 57.2 Å². The van der Waals surface area contributed by atoms with Gasteiger partial charge in [-0.1, -0.05) is 6.92 Å². The summed E-state index contributed by atoms with van der Waals surface area (Å²) in [5.74, 6) is 0.883. The Balaban J connectivity index is 1.95. The van der Waals surface area contributed by atoms with E-state index in [4.69, 9.17) is 10.8 Å². The molecule has 3 N–H and O–H groups in total. The quantitative estimate of drug-likeness (QED) is 0.880. The Bertz CT molecular complexity index is 750. The fraction of sp³-hybridized carbons (Fsp3) is 0.467. The maximum Gasteiger partial charge on any atom is 0.407 e. The maximum absolute atomic E-state index is 11.1. The van der Waals surface area contributed by atoms with E-state index in [2.05, 4.69) is 21.9 Å². The number of hydrogen-bond donors (Lipinski definition) is 2. The largest absolute Gasteiger partial charge is 0.465 e. The summed E-state index contributed by atoms with van der Waals surface area (Å²) in [5, 5.41) is 9.12. The molecule has 1 aliphatic heterocycles. The third-order valence-corrected chi connectivity index (χ3v) is 4.31. The number of carbonyl (C=O) groups is 1. The number of pyridine rings is 1. The first-order valence-corrected chi connectivity index (χ1v) is 7.62. The lowest BCUT2D eigenvalue weighted by Crippen LogP contribution is -2.38. The van der Waals surface area contributed by atoms with Gasteiger partial charge in [-0.3, -0.25) is 4.98 Å². The van der Waals surface area contributed by atoms with Crippen molar-refractivity contribution in [1.82, 2.24) is 19.9 Å². The first-order valence-electron chi connectivity index (χ1n) is 7.62. The van der Waals surface area contributed by atoms with Crippen LogP contribution in [0.15, 0.2) is 12.3 Å². The number of aromatic nitrogens is 3. The van der Waals surface area contributed by atoms with Crippen molar-refractivity contribution in [1.29, 1.82) is 0 Å². The number of nitrogen functional groups attached to an aromatic ring is 1. The van der Waals surface area contributed by atoms with Gasteiger partial charge in [-0.25, -0.2) is 9.78 Å². The van der Waals surface area contributed by atoms with Crippen molar-refractivity contribution in [3.8, 4) is 0 Å². The van der Waals surface area contributed by atoms with Crippen LogP contribution < -0.4 is 10.6 Å². The topological polar surface area (TPSA) is 108 Å². The number of fused-ring (bicyclic) bond motifs is 1. The smallest absolute Gasteiger partial charge is 0.407 e. The molecule has 8 nitrogen and oxygen atoms in total. The van der Waals surface area contributed by atoms with Crippen LogP contribution in [0.5, 0.6) is 0 Å². The predicted molar refractivity (Wildman–Crippen MR) is 87.5 cm³/mol. The molecular formula is C15H20N6O2. The Morgan fingerprint density at radius 2 is 2.30 bits per heavy atom. The summed E-state index contributed by atoms with van der Waals surface area (Å²) in [4.78, 5) is 27.6. The van der Waals surface area contributed by atoms with Crippen molar-refractivity contribution in [3.05, 3.63) is 17.8 Å². The Morgan fingerprint density at radius 3 is 3.00 bits per heavy atom. The van der Waals surface area contributed by atoms with Crippen molar-refractivity contribution in [2.45, 2.75) is 25.8 Å². The summed E-state index contributed by atoms with van der Waals surface area (Å²) in [5.41, 5.74) is 8.36. The Morgan fingerprint density at radius 1 is 1.52 bits per heavy atom. The number of rotatable bonds is 3. The molecule has 2 aromatic heterocycles. The highest BCUT2D eigenvalue weighted by atomic mass is 16.4. The fourth-order valence-electron chi connectivity index (χ4n) is 2.88. The molecule has 2 aromatic rings. The highest BCUT2D eigenvalue weighted by molar-refractivity contribution is 5.87. The Hall–Kier alpha value is -2.64. The van der Waals surface area contributed by atoms with Crippen LogP contribution in [0.1, 0.15) is 18.9 Å². The highest BCUT2D eigenvalue weighted by Gasteiger charge is 2.30. The second kappa shape index (κ2) is 5.86. The minimum absolute atomic E-state index is 0.0614. The molecular weight excluding hydrogens is 296 g/mol. The molecule has 0 spiro atoms. The number of hydrogen-bond acceptors (Lipinski definition) is 6. The van der Waals surface area contributed by atoms with Gasteiger partial charge in [0.15, 0.2) is 5.82 Å². The lowest BCUT2D eigenvalue weighted by Gasteiger charge is -2.23. The van der Waals surface area contributed by atoms with E-state index in [-0.39, 0.29) is 12.0 Å². The normalized spacial score (nSPS) is 17.7. The van der Waals surface area contributed by atoms with E-state index in [0.717, 1.165) is 23.9 Å². The van der Waals surface area contributed by atoms with Gasteiger partial charge in [0.1, 0.15) is 5.52 Å². The first kappa shape index (κ1) is 15.3. The van der Waals surface area contributed by atoms with Gasteiger partial charge in [-0.15, -0.1) is 0 Å². The number of aryl methyl sites for hydroxylation is 1. The summed E-state index contributed by atoms with van der Waals surface area (Å²) in [6.45, 7) is 3.34. The van der Waals surface area contributed by atoms with Gasteiger partial charge < -0.3 is 20.6 Å². The lowest BCUT2D eigenvalue weighted by molar-refractivity contribution is 0.142. The minimum Gasteiger partial charge on any atom is -0.465 e. The summed E-state index contributed by atoms with van der Waals surface area (Å²) >= 11 is 0. The van der Waals surface area contributed by atoms with Crippen LogP contribution in [0.2, 0.25) is 0 Å². The van der Waals surface area contributed by atoms with Crippen LogP contribution in [0.4, 0.5) is 16.6 Å². The van der Waals surface area contributed by atoms with E-state index < -0.39 is 6.09 Å². The average molecular weight is 316 g/mol. The predicted octanol–water partition coefficient (Wildman–Crippen LogP) is 1.36. The van der Waals surface area contributed by atoms with Crippen LogP contribution in [-0.2, 0) is 6.42 Å². The van der Waals surface area contributed by atoms with Gasteiger partial charge in [0.05, 0.1) is 11.6 Å². The van der Waals surface area contributed by atoms with Crippen molar-refractivity contribution in [2.75, 3.05) is 30.8 Å². The molecule has 1 fully saturated rings. The molecule has 0 bridgehead atoms. The molecule has 0 radical (unpaired) electrons. The number of nitrogens with two attached hydrogens (primary N) is 1. The van der Waals surface area contributed by atoms with Crippen LogP contribution >= 0.6 is 0 Å². The molecule has 1 unspecified atom stereocenters. The second-order valence-corrected chi connectivity index (χ2v) is 5.75. The molecule has 1 atom stereocenters. The van der Waals surface area contributed by atoms with Gasteiger partial charge in [-0.05, 0) is 24.5 Å². The molecule has 0 saturated carbocycles. The lowest BCUT2D eigenvalue weighted by atomic mass is 10.2. The Labute approximate surface area is 134 Å². The van der Waals surface area contributed by atoms with Crippen molar-refractivity contribution in [3.63, 3.8) is 0 Å². The monoisotopic (exact) mass is 316 g/mol. The summed E-state index contributed by atoms with van der Waals surface area (Å²) in [7, 11) is 1.59. The molecule has 0 aromatic carbocycles. The number of nitrogens with zero attached hydrogens (tertiary/aromatic N) is 5. The SMILES string of the molecule is CCc1cnc2c(N3CCC(N(C)C(=O)O)C3)nc(N)nc2c1. The molecule has 23 heavy (non-hydrogen) atoms. The number of likely N-dealkylation sites (N-methyl/N-ethyl adjacent to an activating group) is 1. The molecule has 3 rings (SSSR count). The van der Waals surface area contributed by atoms with Crippen LogP contribution in [0.25, 0.3) is 11.0 Å². The van der Waals surface area contributed by atoms with Crippen molar-refractivity contribution in [2.24, 2.45) is 0 Å². The third-order valence-electron chi connectivity index (χ3n) is 4.31. The van der Waals surface area contributed by atoms with Gasteiger partial charge >= 0.3 is 6.09 Å². The van der Waals surface area contributed by atoms with E-state index in [9.17, 15) is 4.79 Å². The number of amides is 1. The van der Waals surface area contributed by atoms with E-state index >= 15 is 0 Å². The number of anilines is 2.